The number of hydrogen-bond donors (Lipinski definition) is 1. The number of carbonyl (C=O) groups excluding carboxylic acids is 2. The Morgan fingerprint density at radius 3 is 2.55 bits per heavy atom. The minimum absolute atomic E-state index is 0.236. The van der Waals surface area contributed by atoms with E-state index in [2.05, 4.69) is 10.5 Å². The molecule has 0 bridgehead atoms. The molecule has 3 aromatic carbocycles. The highest BCUT2D eigenvalue weighted by molar-refractivity contribution is 6.01. The molecule has 7 heteroatoms. The van der Waals surface area contributed by atoms with Crippen LogP contribution in [0.3, 0.4) is 0 Å². The van der Waals surface area contributed by atoms with Crippen LogP contribution in [-0.2, 0) is 11.3 Å². The predicted molar refractivity (Wildman–Crippen MR) is 115 cm³/mol. The van der Waals surface area contributed by atoms with Crippen LogP contribution in [0.25, 0.3) is 22.2 Å². The highest BCUT2D eigenvalue weighted by Crippen LogP contribution is 2.29. The van der Waals surface area contributed by atoms with Crippen LogP contribution in [0.15, 0.2) is 71.3 Å². The molecule has 0 saturated carbocycles. The first kappa shape index (κ1) is 20.2. The summed E-state index contributed by atoms with van der Waals surface area (Å²) in [7, 11) is 2.79. The second-order valence-corrected chi connectivity index (χ2v) is 6.82. The van der Waals surface area contributed by atoms with E-state index in [0.29, 0.717) is 28.2 Å². The Labute approximate surface area is 178 Å². The number of benzene rings is 3. The molecule has 0 fully saturated rings. The van der Waals surface area contributed by atoms with Crippen molar-refractivity contribution < 1.29 is 23.6 Å². The van der Waals surface area contributed by atoms with Gasteiger partial charge in [0.25, 0.3) is 5.91 Å². The van der Waals surface area contributed by atoms with Crippen LogP contribution in [0.4, 0.5) is 0 Å². The zero-order valence-corrected chi connectivity index (χ0v) is 17.0. The second kappa shape index (κ2) is 8.71. The molecule has 0 unspecified atom stereocenters. The summed E-state index contributed by atoms with van der Waals surface area (Å²) in [6.07, 6.45) is 0. The van der Waals surface area contributed by atoms with Gasteiger partial charge < -0.3 is 19.3 Å². The van der Waals surface area contributed by atoms with E-state index in [0.717, 1.165) is 16.5 Å². The molecule has 1 aromatic heterocycles. The van der Waals surface area contributed by atoms with Gasteiger partial charge in [-0.2, -0.15) is 0 Å². The number of rotatable bonds is 6. The first-order valence-corrected chi connectivity index (χ1v) is 9.59. The molecular formula is C24H20N2O5. The fraction of sp³-hybridized carbons (Fsp3) is 0.125. The predicted octanol–water partition coefficient (Wildman–Crippen LogP) is 4.22. The van der Waals surface area contributed by atoms with Gasteiger partial charge in [0.1, 0.15) is 16.8 Å². The van der Waals surface area contributed by atoms with E-state index < -0.39 is 5.97 Å². The highest BCUT2D eigenvalue weighted by atomic mass is 16.5. The fourth-order valence-electron chi connectivity index (χ4n) is 3.30. The Kier molecular flexibility index (Phi) is 5.66. The monoisotopic (exact) mass is 416 g/mol. The summed E-state index contributed by atoms with van der Waals surface area (Å²) in [6, 6.07) is 19.9. The Bertz CT molecular complexity index is 1250. The van der Waals surface area contributed by atoms with Gasteiger partial charge in [0, 0.05) is 17.7 Å². The highest BCUT2D eigenvalue weighted by Gasteiger charge is 2.16. The number of nitrogens with one attached hydrogen (secondary N) is 1. The maximum absolute atomic E-state index is 12.8. The van der Waals surface area contributed by atoms with Gasteiger partial charge in [0.2, 0.25) is 0 Å². The van der Waals surface area contributed by atoms with Gasteiger partial charge in [-0.15, -0.1) is 0 Å². The zero-order chi connectivity index (χ0) is 21.8. The molecule has 1 N–H and O–H groups in total. The average Bonchev–Trinajstić information content (AvgIpc) is 3.25. The van der Waals surface area contributed by atoms with Crippen molar-refractivity contribution in [2.45, 2.75) is 6.54 Å². The quantitative estimate of drug-likeness (QED) is 0.473. The standard InChI is InChI=1S/C24H20N2O5/c1-29-21-11-8-15(12-19(21)24(28)30-2)14-25-23(27)17-9-10-20-18(13-17)22(31-26-20)16-6-4-3-5-7-16/h3-13H,14H2,1-2H3,(H,25,27). The van der Waals surface area contributed by atoms with Gasteiger partial charge in [-0.05, 0) is 35.9 Å². The number of esters is 1. The number of ether oxygens (including phenoxy) is 2. The molecule has 0 atom stereocenters. The lowest BCUT2D eigenvalue weighted by Crippen LogP contribution is -2.23. The molecule has 31 heavy (non-hydrogen) atoms. The zero-order valence-electron chi connectivity index (χ0n) is 17.0. The number of fused-ring (bicyclic) bond motifs is 1. The van der Waals surface area contributed by atoms with Crippen LogP contribution >= 0.6 is 0 Å². The van der Waals surface area contributed by atoms with Crippen LogP contribution in [0.1, 0.15) is 26.3 Å². The number of carbonyl (C=O) groups is 2. The molecule has 156 valence electrons. The normalized spacial score (nSPS) is 10.6. The summed E-state index contributed by atoms with van der Waals surface area (Å²) in [5.74, 6) is 0.269. The minimum atomic E-state index is -0.503. The van der Waals surface area contributed by atoms with Gasteiger partial charge in [-0.3, -0.25) is 4.79 Å². The molecule has 7 nitrogen and oxygen atoms in total. The third kappa shape index (κ3) is 4.11. The maximum atomic E-state index is 12.8. The lowest BCUT2D eigenvalue weighted by Gasteiger charge is -2.10. The molecule has 0 aliphatic rings. The number of hydrogen-bond acceptors (Lipinski definition) is 6. The molecule has 1 heterocycles. The number of methoxy groups -OCH3 is 2. The van der Waals surface area contributed by atoms with Crippen molar-refractivity contribution in [3.8, 4) is 17.1 Å². The summed E-state index contributed by atoms with van der Waals surface area (Å²) < 4.78 is 15.5. The molecule has 4 rings (SSSR count). The lowest BCUT2D eigenvalue weighted by atomic mass is 10.1. The van der Waals surface area contributed by atoms with Gasteiger partial charge in [0.15, 0.2) is 5.76 Å². The molecule has 0 saturated heterocycles. The van der Waals surface area contributed by atoms with E-state index in [1.165, 1.54) is 14.2 Å². The van der Waals surface area contributed by atoms with Gasteiger partial charge in [0.05, 0.1) is 19.6 Å². The maximum Gasteiger partial charge on any atom is 0.341 e. The van der Waals surface area contributed by atoms with Gasteiger partial charge in [-0.25, -0.2) is 4.79 Å². The van der Waals surface area contributed by atoms with Gasteiger partial charge in [-0.1, -0.05) is 41.6 Å². The summed E-state index contributed by atoms with van der Waals surface area (Å²) in [5.41, 5.74) is 3.08. The Balaban J connectivity index is 1.55. The van der Waals surface area contributed by atoms with Crippen LogP contribution < -0.4 is 10.1 Å². The van der Waals surface area contributed by atoms with Crippen LogP contribution in [0.2, 0.25) is 0 Å². The summed E-state index contributed by atoms with van der Waals surface area (Å²) in [4.78, 5) is 24.7. The van der Waals surface area contributed by atoms with E-state index in [-0.39, 0.29) is 12.5 Å². The van der Waals surface area contributed by atoms with Crippen molar-refractivity contribution in [1.29, 1.82) is 0 Å². The SMILES string of the molecule is COC(=O)c1cc(CNC(=O)c2ccc3noc(-c4ccccc4)c3c2)ccc1OC. The minimum Gasteiger partial charge on any atom is -0.496 e. The topological polar surface area (TPSA) is 90.7 Å². The third-order valence-electron chi connectivity index (χ3n) is 4.90. The van der Waals surface area contributed by atoms with Crippen LogP contribution in [0.5, 0.6) is 5.75 Å². The Hall–Kier alpha value is -4.13. The van der Waals surface area contributed by atoms with Crippen LogP contribution in [-0.4, -0.2) is 31.3 Å². The summed E-state index contributed by atoms with van der Waals surface area (Å²) in [6.45, 7) is 0.236. The number of aromatic nitrogens is 1. The van der Waals surface area contributed by atoms with Crippen molar-refractivity contribution in [3.63, 3.8) is 0 Å². The lowest BCUT2D eigenvalue weighted by molar-refractivity contribution is 0.0597. The molecule has 1 amide bonds. The molecular weight excluding hydrogens is 396 g/mol. The van der Waals surface area contributed by atoms with E-state index >= 15 is 0 Å². The van der Waals surface area contributed by atoms with E-state index in [1.54, 1.807) is 36.4 Å². The fourth-order valence-corrected chi connectivity index (χ4v) is 3.30. The van der Waals surface area contributed by atoms with Crippen molar-refractivity contribution in [3.05, 3.63) is 83.4 Å². The van der Waals surface area contributed by atoms with Crippen molar-refractivity contribution in [1.82, 2.24) is 10.5 Å². The van der Waals surface area contributed by atoms with E-state index in [9.17, 15) is 9.59 Å². The Morgan fingerprint density at radius 1 is 1.00 bits per heavy atom. The first-order valence-electron chi connectivity index (χ1n) is 9.59. The smallest absolute Gasteiger partial charge is 0.341 e. The largest absolute Gasteiger partial charge is 0.496 e. The molecule has 0 spiro atoms. The average molecular weight is 416 g/mol. The Morgan fingerprint density at radius 2 is 1.81 bits per heavy atom. The van der Waals surface area contributed by atoms with Crippen molar-refractivity contribution in [2.75, 3.05) is 14.2 Å². The van der Waals surface area contributed by atoms with Crippen LogP contribution in [0, 0.1) is 0 Å². The van der Waals surface area contributed by atoms with Crippen molar-refractivity contribution in [2.24, 2.45) is 0 Å². The molecule has 0 aliphatic carbocycles. The van der Waals surface area contributed by atoms with E-state index in [1.807, 2.05) is 30.3 Å². The molecule has 0 aliphatic heterocycles. The number of nitrogens with zero attached hydrogens (tertiary/aromatic N) is 1. The number of amides is 1. The molecule has 4 aromatic rings. The van der Waals surface area contributed by atoms with E-state index in [4.69, 9.17) is 14.0 Å². The van der Waals surface area contributed by atoms with Gasteiger partial charge >= 0.3 is 5.97 Å². The summed E-state index contributed by atoms with van der Waals surface area (Å²) >= 11 is 0. The van der Waals surface area contributed by atoms with Crippen molar-refractivity contribution >= 4 is 22.8 Å². The summed E-state index contributed by atoms with van der Waals surface area (Å²) in [5, 5.41) is 7.71. The second-order valence-electron chi connectivity index (χ2n) is 6.82. The first-order chi connectivity index (χ1) is 15.1. The third-order valence-corrected chi connectivity index (χ3v) is 4.90. The molecule has 0 radical (unpaired) electrons.